The lowest BCUT2D eigenvalue weighted by molar-refractivity contribution is 0.0287. The van der Waals surface area contributed by atoms with Crippen LogP contribution in [0.3, 0.4) is 0 Å². The van der Waals surface area contributed by atoms with Crippen molar-refractivity contribution in [1.82, 2.24) is 20.6 Å². The zero-order chi connectivity index (χ0) is 11.4. The van der Waals surface area contributed by atoms with E-state index in [0.717, 1.165) is 13.1 Å². The quantitative estimate of drug-likeness (QED) is 0.500. The Morgan fingerprint density at radius 1 is 1.62 bits per heavy atom. The van der Waals surface area contributed by atoms with Crippen molar-refractivity contribution in [2.24, 2.45) is 0 Å². The summed E-state index contributed by atoms with van der Waals surface area (Å²) in [7, 11) is 0. The van der Waals surface area contributed by atoms with Gasteiger partial charge in [-0.05, 0) is 0 Å². The van der Waals surface area contributed by atoms with Crippen LogP contribution >= 0.6 is 0 Å². The number of hydrogen-bond donors (Lipinski definition) is 4. The second-order valence-corrected chi connectivity index (χ2v) is 3.56. The van der Waals surface area contributed by atoms with E-state index >= 15 is 0 Å². The summed E-state index contributed by atoms with van der Waals surface area (Å²) in [5.41, 5.74) is -0.158. The molecule has 1 fully saturated rings. The molecular weight excluding hydrogens is 212 g/mol. The standard InChI is InChI=1S/C9H14N4O3/c14-8(7-5-12-9(15)13-7)11-4-6-3-10-1-2-16-6/h5-6,10H,1-4H2,(H,11,14)(H2,12,13,15). The van der Waals surface area contributed by atoms with Crippen molar-refractivity contribution in [3.8, 4) is 0 Å². The van der Waals surface area contributed by atoms with E-state index < -0.39 is 0 Å². The molecule has 7 heteroatoms. The van der Waals surface area contributed by atoms with Crippen molar-refractivity contribution >= 4 is 5.91 Å². The van der Waals surface area contributed by atoms with Gasteiger partial charge in [-0.2, -0.15) is 0 Å². The smallest absolute Gasteiger partial charge is 0.323 e. The van der Waals surface area contributed by atoms with Gasteiger partial charge in [0.2, 0.25) is 0 Å². The summed E-state index contributed by atoms with van der Waals surface area (Å²) in [6, 6.07) is 0. The number of morpholine rings is 1. The first-order valence-electron chi connectivity index (χ1n) is 5.14. The van der Waals surface area contributed by atoms with Crippen LogP contribution in [0.1, 0.15) is 10.5 Å². The number of carbonyl (C=O) groups excluding carboxylic acids is 1. The summed E-state index contributed by atoms with van der Waals surface area (Å²) >= 11 is 0. The highest BCUT2D eigenvalue weighted by Crippen LogP contribution is 1.95. The van der Waals surface area contributed by atoms with Crippen LogP contribution in [-0.2, 0) is 4.74 Å². The molecule has 0 radical (unpaired) electrons. The summed E-state index contributed by atoms with van der Waals surface area (Å²) in [6.45, 7) is 2.65. The molecule has 0 spiro atoms. The lowest BCUT2D eigenvalue weighted by atomic mass is 10.3. The Labute approximate surface area is 91.6 Å². The van der Waals surface area contributed by atoms with Gasteiger partial charge in [0.1, 0.15) is 5.69 Å². The zero-order valence-electron chi connectivity index (χ0n) is 8.71. The fourth-order valence-corrected chi connectivity index (χ4v) is 1.51. The third-order valence-electron chi connectivity index (χ3n) is 2.34. The number of imidazole rings is 1. The molecule has 0 bridgehead atoms. The first kappa shape index (κ1) is 10.9. The van der Waals surface area contributed by atoms with Gasteiger partial charge in [0.05, 0.1) is 12.7 Å². The summed E-state index contributed by atoms with van der Waals surface area (Å²) in [5.74, 6) is -0.312. The van der Waals surface area contributed by atoms with Gasteiger partial charge in [0.15, 0.2) is 0 Å². The van der Waals surface area contributed by atoms with Gasteiger partial charge >= 0.3 is 5.69 Å². The van der Waals surface area contributed by atoms with Crippen molar-refractivity contribution in [3.63, 3.8) is 0 Å². The molecule has 0 aromatic carbocycles. The SMILES string of the molecule is O=C(NCC1CNCCO1)c1c[nH]c(=O)[nH]1. The molecule has 0 saturated carbocycles. The number of hydrogen-bond acceptors (Lipinski definition) is 4. The number of rotatable bonds is 3. The monoisotopic (exact) mass is 226 g/mol. The summed E-state index contributed by atoms with van der Waals surface area (Å²) in [6.07, 6.45) is 1.33. The molecule has 2 heterocycles. The second-order valence-electron chi connectivity index (χ2n) is 3.56. The number of nitrogens with one attached hydrogen (secondary N) is 4. The van der Waals surface area contributed by atoms with Crippen molar-refractivity contribution in [2.45, 2.75) is 6.10 Å². The van der Waals surface area contributed by atoms with Crippen LogP contribution < -0.4 is 16.3 Å². The lowest BCUT2D eigenvalue weighted by Crippen LogP contribution is -2.45. The minimum Gasteiger partial charge on any atom is -0.374 e. The molecule has 1 aromatic rings. The molecule has 1 amide bonds. The fourth-order valence-electron chi connectivity index (χ4n) is 1.51. The van der Waals surface area contributed by atoms with Crippen LogP contribution in [0.25, 0.3) is 0 Å². The first-order valence-corrected chi connectivity index (χ1v) is 5.14. The maximum absolute atomic E-state index is 11.5. The van der Waals surface area contributed by atoms with E-state index in [2.05, 4.69) is 20.6 Å². The van der Waals surface area contributed by atoms with E-state index in [1.807, 2.05) is 0 Å². The number of aromatic amines is 2. The predicted molar refractivity (Wildman–Crippen MR) is 56.4 cm³/mol. The predicted octanol–water partition coefficient (Wildman–Crippen LogP) is -1.58. The molecular formula is C9H14N4O3. The van der Waals surface area contributed by atoms with Gasteiger partial charge in [-0.15, -0.1) is 0 Å². The zero-order valence-corrected chi connectivity index (χ0v) is 8.71. The van der Waals surface area contributed by atoms with E-state index in [9.17, 15) is 9.59 Å². The Balaban J connectivity index is 1.81. The van der Waals surface area contributed by atoms with Crippen LogP contribution in [0.15, 0.2) is 11.0 Å². The topological polar surface area (TPSA) is 99.0 Å². The minimum absolute atomic E-state index is 0.0108. The van der Waals surface area contributed by atoms with E-state index in [0.29, 0.717) is 13.2 Å². The average molecular weight is 226 g/mol. The Morgan fingerprint density at radius 2 is 2.50 bits per heavy atom. The molecule has 88 valence electrons. The van der Waals surface area contributed by atoms with Gasteiger partial charge in [-0.3, -0.25) is 4.79 Å². The van der Waals surface area contributed by atoms with Gasteiger partial charge in [0, 0.05) is 25.8 Å². The molecule has 1 unspecified atom stereocenters. The van der Waals surface area contributed by atoms with Crippen LogP contribution in [0.5, 0.6) is 0 Å². The van der Waals surface area contributed by atoms with Gasteiger partial charge in [-0.1, -0.05) is 0 Å². The van der Waals surface area contributed by atoms with Crippen LogP contribution in [0.2, 0.25) is 0 Å². The number of carbonyl (C=O) groups is 1. The van der Waals surface area contributed by atoms with Gasteiger partial charge in [-0.25, -0.2) is 4.79 Å². The number of amides is 1. The van der Waals surface area contributed by atoms with Crippen molar-refractivity contribution in [2.75, 3.05) is 26.2 Å². The molecule has 1 saturated heterocycles. The Hall–Kier alpha value is -1.60. The van der Waals surface area contributed by atoms with E-state index in [1.165, 1.54) is 6.20 Å². The van der Waals surface area contributed by atoms with Gasteiger partial charge in [0.25, 0.3) is 5.91 Å². The number of ether oxygens (including phenoxy) is 1. The molecule has 1 atom stereocenters. The summed E-state index contributed by atoms with van der Waals surface area (Å²) < 4.78 is 5.41. The maximum Gasteiger partial charge on any atom is 0.323 e. The van der Waals surface area contributed by atoms with Crippen molar-refractivity contribution in [1.29, 1.82) is 0 Å². The second kappa shape index (κ2) is 4.95. The third kappa shape index (κ3) is 2.71. The molecule has 1 aliphatic rings. The van der Waals surface area contributed by atoms with Crippen LogP contribution in [0, 0.1) is 0 Å². The highest BCUT2D eigenvalue weighted by atomic mass is 16.5. The third-order valence-corrected chi connectivity index (χ3v) is 2.34. The first-order chi connectivity index (χ1) is 7.75. The number of aromatic nitrogens is 2. The molecule has 16 heavy (non-hydrogen) atoms. The minimum atomic E-state index is -0.388. The van der Waals surface area contributed by atoms with Crippen molar-refractivity contribution in [3.05, 3.63) is 22.4 Å². The Kier molecular flexibility index (Phi) is 3.37. The molecule has 0 aliphatic carbocycles. The highest BCUT2D eigenvalue weighted by Gasteiger charge is 2.15. The lowest BCUT2D eigenvalue weighted by Gasteiger charge is -2.23. The summed E-state index contributed by atoms with van der Waals surface area (Å²) in [5, 5.41) is 5.85. The maximum atomic E-state index is 11.5. The Bertz CT molecular complexity index is 405. The largest absolute Gasteiger partial charge is 0.374 e. The molecule has 1 aliphatic heterocycles. The highest BCUT2D eigenvalue weighted by molar-refractivity contribution is 5.91. The van der Waals surface area contributed by atoms with Crippen LogP contribution in [0.4, 0.5) is 0 Å². The normalized spacial score (nSPS) is 20.6. The fraction of sp³-hybridized carbons (Fsp3) is 0.556. The van der Waals surface area contributed by atoms with Crippen LogP contribution in [-0.4, -0.2) is 48.2 Å². The van der Waals surface area contributed by atoms with Crippen molar-refractivity contribution < 1.29 is 9.53 Å². The molecule has 1 aromatic heterocycles. The molecule has 7 nitrogen and oxygen atoms in total. The summed E-state index contributed by atoms with van der Waals surface area (Å²) in [4.78, 5) is 27.1. The molecule has 4 N–H and O–H groups in total. The van der Waals surface area contributed by atoms with E-state index in [-0.39, 0.29) is 23.4 Å². The average Bonchev–Trinajstić information content (AvgIpc) is 2.74. The molecule has 2 rings (SSSR count). The van der Waals surface area contributed by atoms with Gasteiger partial charge < -0.3 is 25.3 Å². The van der Waals surface area contributed by atoms with E-state index in [1.54, 1.807) is 0 Å². The number of H-pyrrole nitrogens is 2. The Morgan fingerprint density at radius 3 is 3.12 bits per heavy atom. The van der Waals surface area contributed by atoms with E-state index in [4.69, 9.17) is 4.74 Å².